The molecule has 2 rings (SSSR count). The maximum atomic E-state index is 12.9. The molecule has 0 amide bonds. The summed E-state index contributed by atoms with van der Waals surface area (Å²) in [5.41, 5.74) is 0.759. The van der Waals surface area contributed by atoms with Crippen molar-refractivity contribution in [1.82, 2.24) is 4.31 Å². The maximum Gasteiger partial charge on any atom is 0.321 e. The van der Waals surface area contributed by atoms with Crippen molar-refractivity contribution in [2.75, 3.05) is 27.3 Å². The monoisotopic (exact) mass is 399 g/mol. The number of aliphatic hydroxyl groups is 1. The van der Waals surface area contributed by atoms with Crippen LogP contribution in [0, 0.1) is 0 Å². The molecule has 0 aliphatic rings. The van der Waals surface area contributed by atoms with Gasteiger partial charge in [0, 0.05) is 11.4 Å². The molecule has 0 saturated carbocycles. The second kappa shape index (κ2) is 9.13. The Hall–Kier alpha value is -1.94. The number of hydrogen-bond acceptors (Lipinski definition) is 7. The zero-order chi connectivity index (χ0) is 19.2. The van der Waals surface area contributed by atoms with Crippen LogP contribution in [-0.2, 0) is 32.6 Å². The third kappa shape index (κ3) is 4.82. The number of carbonyl (C=O) groups is 1. The Bertz CT molecular complexity index is 829. The van der Waals surface area contributed by atoms with Crippen LogP contribution in [0.3, 0.4) is 0 Å². The Morgan fingerprint density at radius 1 is 1.19 bits per heavy atom. The SMILES string of the molecule is COC(=O)CN(CCc1sccc1CO)S(=O)(=O)c1ccc(OC)cc1. The van der Waals surface area contributed by atoms with Gasteiger partial charge < -0.3 is 14.6 Å². The zero-order valence-electron chi connectivity index (χ0n) is 14.5. The molecule has 1 aromatic carbocycles. The summed E-state index contributed by atoms with van der Waals surface area (Å²) >= 11 is 1.44. The Kier molecular flexibility index (Phi) is 7.15. The highest BCUT2D eigenvalue weighted by atomic mass is 32.2. The van der Waals surface area contributed by atoms with Crippen molar-refractivity contribution in [3.63, 3.8) is 0 Å². The van der Waals surface area contributed by atoms with E-state index in [1.807, 2.05) is 5.38 Å². The van der Waals surface area contributed by atoms with Crippen LogP contribution in [0.1, 0.15) is 10.4 Å². The number of sulfonamides is 1. The molecule has 0 atom stereocenters. The molecule has 7 nitrogen and oxygen atoms in total. The summed E-state index contributed by atoms with van der Waals surface area (Å²) in [6.45, 7) is -0.400. The number of rotatable bonds is 9. The van der Waals surface area contributed by atoms with Gasteiger partial charge in [0.2, 0.25) is 10.0 Å². The number of thiophene rings is 1. The van der Waals surface area contributed by atoms with Crippen molar-refractivity contribution in [3.05, 3.63) is 46.2 Å². The summed E-state index contributed by atoms with van der Waals surface area (Å²) in [4.78, 5) is 12.6. The fraction of sp³-hybridized carbons (Fsp3) is 0.353. The lowest BCUT2D eigenvalue weighted by Crippen LogP contribution is -2.37. The first-order valence-corrected chi connectivity index (χ1v) is 10.1. The van der Waals surface area contributed by atoms with E-state index >= 15 is 0 Å². The largest absolute Gasteiger partial charge is 0.497 e. The molecule has 0 unspecified atom stereocenters. The van der Waals surface area contributed by atoms with Gasteiger partial charge in [-0.05, 0) is 47.7 Å². The lowest BCUT2D eigenvalue weighted by Gasteiger charge is -2.21. The maximum absolute atomic E-state index is 12.9. The van der Waals surface area contributed by atoms with E-state index in [1.165, 1.54) is 37.7 Å². The Labute approximate surface area is 156 Å². The zero-order valence-corrected chi connectivity index (χ0v) is 16.2. The molecule has 26 heavy (non-hydrogen) atoms. The van der Waals surface area contributed by atoms with E-state index < -0.39 is 16.0 Å². The number of benzene rings is 1. The first kappa shape index (κ1) is 20.4. The van der Waals surface area contributed by atoms with E-state index in [9.17, 15) is 18.3 Å². The number of esters is 1. The molecule has 0 aliphatic carbocycles. The first-order valence-electron chi connectivity index (χ1n) is 7.79. The number of hydrogen-bond donors (Lipinski definition) is 1. The Balaban J connectivity index is 2.25. The second-order valence-electron chi connectivity index (χ2n) is 5.37. The second-order valence-corrected chi connectivity index (χ2v) is 8.31. The van der Waals surface area contributed by atoms with E-state index in [4.69, 9.17) is 4.74 Å². The molecule has 1 heterocycles. The van der Waals surface area contributed by atoms with Crippen molar-refractivity contribution in [1.29, 1.82) is 0 Å². The standard InChI is InChI=1S/C17H21NO6S2/c1-23-14-3-5-15(6-4-14)26(21,22)18(11-17(20)24-2)9-7-16-13(12-19)8-10-25-16/h3-6,8,10,19H,7,9,11-12H2,1-2H3. The summed E-state index contributed by atoms with van der Waals surface area (Å²) < 4.78 is 36.6. The van der Waals surface area contributed by atoms with Gasteiger partial charge >= 0.3 is 5.97 Å². The van der Waals surface area contributed by atoms with Crippen molar-refractivity contribution in [2.24, 2.45) is 0 Å². The van der Waals surface area contributed by atoms with Gasteiger partial charge in [0.15, 0.2) is 0 Å². The highest BCUT2D eigenvalue weighted by Crippen LogP contribution is 2.22. The van der Waals surface area contributed by atoms with Crippen molar-refractivity contribution < 1.29 is 27.8 Å². The molecule has 0 fully saturated rings. The van der Waals surface area contributed by atoms with Crippen LogP contribution in [-0.4, -0.2) is 51.1 Å². The highest BCUT2D eigenvalue weighted by molar-refractivity contribution is 7.89. The van der Waals surface area contributed by atoms with Gasteiger partial charge in [-0.15, -0.1) is 11.3 Å². The molecule has 0 aliphatic heterocycles. The van der Waals surface area contributed by atoms with Crippen LogP contribution in [0.25, 0.3) is 0 Å². The van der Waals surface area contributed by atoms with Gasteiger partial charge in [-0.3, -0.25) is 4.79 Å². The van der Waals surface area contributed by atoms with Gasteiger partial charge in [-0.1, -0.05) is 0 Å². The fourth-order valence-electron chi connectivity index (χ4n) is 2.34. The summed E-state index contributed by atoms with van der Waals surface area (Å²) in [6, 6.07) is 7.76. The fourth-order valence-corrected chi connectivity index (χ4v) is 4.62. The number of ether oxygens (including phenoxy) is 2. The molecular weight excluding hydrogens is 378 g/mol. The van der Waals surface area contributed by atoms with Crippen LogP contribution >= 0.6 is 11.3 Å². The number of nitrogens with zero attached hydrogens (tertiary/aromatic N) is 1. The first-order chi connectivity index (χ1) is 12.4. The van der Waals surface area contributed by atoms with Crippen LogP contribution in [0.2, 0.25) is 0 Å². The normalized spacial score (nSPS) is 11.5. The molecule has 1 N–H and O–H groups in total. The van der Waals surface area contributed by atoms with Gasteiger partial charge in [-0.25, -0.2) is 8.42 Å². The number of methoxy groups -OCH3 is 2. The van der Waals surface area contributed by atoms with Crippen LogP contribution in [0.4, 0.5) is 0 Å². The molecule has 142 valence electrons. The van der Waals surface area contributed by atoms with Crippen LogP contribution in [0.5, 0.6) is 5.75 Å². The summed E-state index contributed by atoms with van der Waals surface area (Å²) in [7, 11) is -1.18. The van der Waals surface area contributed by atoms with Crippen LogP contribution < -0.4 is 4.74 Å². The van der Waals surface area contributed by atoms with Crippen molar-refractivity contribution in [3.8, 4) is 5.75 Å². The average Bonchev–Trinajstić information content (AvgIpc) is 3.12. The smallest absolute Gasteiger partial charge is 0.321 e. The summed E-state index contributed by atoms with van der Waals surface area (Å²) in [5, 5.41) is 11.2. The lowest BCUT2D eigenvalue weighted by molar-refractivity contribution is -0.140. The minimum absolute atomic E-state index is 0.0655. The summed E-state index contributed by atoms with van der Waals surface area (Å²) in [6.07, 6.45) is 0.389. The average molecular weight is 399 g/mol. The molecule has 0 saturated heterocycles. The van der Waals surface area contributed by atoms with Crippen LogP contribution in [0.15, 0.2) is 40.6 Å². The summed E-state index contributed by atoms with van der Waals surface area (Å²) in [5.74, 6) is -0.106. The molecule has 9 heteroatoms. The van der Waals surface area contributed by atoms with E-state index in [-0.39, 0.29) is 24.6 Å². The van der Waals surface area contributed by atoms with Gasteiger partial charge in [0.25, 0.3) is 0 Å². The van der Waals surface area contributed by atoms with Gasteiger partial charge in [0.1, 0.15) is 12.3 Å². The third-order valence-corrected chi connectivity index (χ3v) is 6.71. The molecule has 1 aromatic heterocycles. The minimum atomic E-state index is -3.88. The molecular formula is C17H21NO6S2. The molecule has 0 radical (unpaired) electrons. The highest BCUT2D eigenvalue weighted by Gasteiger charge is 2.27. The number of carbonyl (C=O) groups excluding carboxylic acids is 1. The van der Waals surface area contributed by atoms with E-state index in [0.29, 0.717) is 12.2 Å². The van der Waals surface area contributed by atoms with Gasteiger partial charge in [-0.2, -0.15) is 4.31 Å². The van der Waals surface area contributed by atoms with Crippen molar-refractivity contribution >= 4 is 27.3 Å². The van der Waals surface area contributed by atoms with E-state index in [2.05, 4.69) is 4.74 Å². The quantitative estimate of drug-likeness (QED) is 0.645. The Morgan fingerprint density at radius 3 is 2.46 bits per heavy atom. The molecule has 0 bridgehead atoms. The lowest BCUT2D eigenvalue weighted by atomic mass is 10.2. The predicted octanol–water partition coefficient (Wildman–Crippen LogP) is 1.66. The predicted molar refractivity (Wildman–Crippen MR) is 97.7 cm³/mol. The number of aliphatic hydroxyl groups excluding tert-OH is 1. The van der Waals surface area contributed by atoms with E-state index in [0.717, 1.165) is 14.7 Å². The Morgan fingerprint density at radius 2 is 1.88 bits per heavy atom. The molecule has 0 spiro atoms. The third-order valence-electron chi connectivity index (χ3n) is 3.83. The van der Waals surface area contributed by atoms with Gasteiger partial charge in [0.05, 0.1) is 25.7 Å². The van der Waals surface area contributed by atoms with Crippen molar-refractivity contribution in [2.45, 2.75) is 17.9 Å². The molecule has 2 aromatic rings. The van der Waals surface area contributed by atoms with E-state index in [1.54, 1.807) is 18.2 Å². The topological polar surface area (TPSA) is 93.1 Å². The minimum Gasteiger partial charge on any atom is -0.497 e.